The minimum atomic E-state index is -0.417. The first-order chi connectivity index (χ1) is 8.66. The Bertz CT molecular complexity index is 546. The lowest BCUT2D eigenvalue weighted by Crippen LogP contribution is -2.17. The van der Waals surface area contributed by atoms with Gasteiger partial charge in [0.2, 0.25) is 0 Å². The van der Waals surface area contributed by atoms with Crippen molar-refractivity contribution in [1.82, 2.24) is 5.06 Å². The van der Waals surface area contributed by atoms with E-state index in [2.05, 4.69) is 9.88 Å². The van der Waals surface area contributed by atoms with Crippen LogP contribution in [0.3, 0.4) is 0 Å². The molecular formula is C14H15NO3. The molecule has 0 saturated heterocycles. The standard InChI is InChI=1S/C14H15NO3/c1-15(2)18-17-14(16)10-12-8-5-7-11-6-3-4-9-13(11)12/h3-9H,10H2,1-2H3. The molecule has 94 valence electrons. The van der Waals surface area contributed by atoms with Crippen LogP contribution >= 0.6 is 0 Å². The second-order valence-corrected chi connectivity index (χ2v) is 4.16. The van der Waals surface area contributed by atoms with Gasteiger partial charge in [-0.15, -0.1) is 0 Å². The normalized spacial score (nSPS) is 10.8. The molecule has 0 aromatic heterocycles. The van der Waals surface area contributed by atoms with Gasteiger partial charge in [0.25, 0.3) is 0 Å². The van der Waals surface area contributed by atoms with Crippen LogP contribution in [-0.2, 0) is 21.1 Å². The Kier molecular flexibility index (Phi) is 3.92. The van der Waals surface area contributed by atoms with Crippen LogP contribution in [-0.4, -0.2) is 25.1 Å². The van der Waals surface area contributed by atoms with Crippen molar-refractivity contribution in [3.05, 3.63) is 48.0 Å². The van der Waals surface area contributed by atoms with Gasteiger partial charge in [-0.3, -0.25) is 4.89 Å². The molecule has 0 amide bonds. The zero-order valence-electron chi connectivity index (χ0n) is 10.4. The summed E-state index contributed by atoms with van der Waals surface area (Å²) in [7, 11) is 3.29. The fourth-order valence-electron chi connectivity index (χ4n) is 1.75. The molecule has 0 saturated carbocycles. The summed E-state index contributed by atoms with van der Waals surface area (Å²) in [6.45, 7) is 0. The van der Waals surface area contributed by atoms with Crippen LogP contribution < -0.4 is 0 Å². The Balaban J connectivity index is 2.14. The van der Waals surface area contributed by atoms with Crippen molar-refractivity contribution in [2.45, 2.75) is 6.42 Å². The van der Waals surface area contributed by atoms with E-state index in [1.165, 1.54) is 5.06 Å². The van der Waals surface area contributed by atoms with Gasteiger partial charge in [-0.2, -0.15) is 5.06 Å². The molecule has 18 heavy (non-hydrogen) atoms. The van der Waals surface area contributed by atoms with E-state index in [-0.39, 0.29) is 6.42 Å². The van der Waals surface area contributed by atoms with Gasteiger partial charge in [-0.1, -0.05) is 47.5 Å². The molecule has 0 aliphatic carbocycles. The molecule has 0 unspecified atom stereocenters. The molecule has 0 aliphatic heterocycles. The quantitative estimate of drug-likeness (QED) is 0.612. The van der Waals surface area contributed by atoms with Crippen LogP contribution in [0.4, 0.5) is 0 Å². The lowest BCUT2D eigenvalue weighted by molar-refractivity contribution is -0.382. The van der Waals surface area contributed by atoms with Crippen LogP contribution in [0.2, 0.25) is 0 Å². The predicted molar refractivity (Wildman–Crippen MR) is 68.5 cm³/mol. The molecule has 0 N–H and O–H groups in total. The molecule has 0 spiro atoms. The summed E-state index contributed by atoms with van der Waals surface area (Å²) >= 11 is 0. The summed E-state index contributed by atoms with van der Waals surface area (Å²) in [5.74, 6) is -0.417. The SMILES string of the molecule is CN(C)OOC(=O)Cc1cccc2ccccc12. The predicted octanol–water partition coefficient (Wildman–Crippen LogP) is 2.33. The molecule has 2 aromatic rings. The maximum Gasteiger partial charge on any atom is 0.348 e. The number of nitrogens with zero attached hydrogens (tertiary/aromatic N) is 1. The van der Waals surface area contributed by atoms with Crippen LogP contribution in [0, 0.1) is 0 Å². The summed E-state index contributed by atoms with van der Waals surface area (Å²) in [6, 6.07) is 13.8. The van der Waals surface area contributed by atoms with Crippen LogP contribution in [0.25, 0.3) is 10.8 Å². The van der Waals surface area contributed by atoms with Gasteiger partial charge in [0.05, 0.1) is 6.42 Å². The molecule has 0 bridgehead atoms. The third-order valence-corrected chi connectivity index (χ3v) is 2.49. The number of fused-ring (bicyclic) bond motifs is 1. The summed E-state index contributed by atoms with van der Waals surface area (Å²) in [4.78, 5) is 20.9. The van der Waals surface area contributed by atoms with Crippen LogP contribution in [0.15, 0.2) is 42.5 Å². The van der Waals surface area contributed by atoms with E-state index in [0.29, 0.717) is 0 Å². The monoisotopic (exact) mass is 245 g/mol. The van der Waals surface area contributed by atoms with Crippen LogP contribution in [0.1, 0.15) is 5.56 Å². The van der Waals surface area contributed by atoms with E-state index in [1.54, 1.807) is 14.1 Å². The third kappa shape index (κ3) is 3.06. The van der Waals surface area contributed by atoms with Crippen molar-refractivity contribution in [3.63, 3.8) is 0 Å². The molecule has 2 aromatic carbocycles. The molecule has 2 rings (SSSR count). The fraction of sp³-hybridized carbons (Fsp3) is 0.214. The van der Waals surface area contributed by atoms with Crippen molar-refractivity contribution in [2.24, 2.45) is 0 Å². The maximum atomic E-state index is 11.6. The molecule has 4 nitrogen and oxygen atoms in total. The van der Waals surface area contributed by atoms with Crippen molar-refractivity contribution < 1.29 is 14.7 Å². The Labute approximate surface area is 106 Å². The van der Waals surface area contributed by atoms with Gasteiger partial charge in [0.15, 0.2) is 0 Å². The van der Waals surface area contributed by atoms with E-state index in [0.717, 1.165) is 16.3 Å². The van der Waals surface area contributed by atoms with Gasteiger partial charge >= 0.3 is 5.97 Å². The molecule has 0 aliphatic rings. The Morgan fingerprint density at radius 3 is 2.61 bits per heavy atom. The summed E-state index contributed by atoms with van der Waals surface area (Å²) in [5, 5.41) is 3.49. The second kappa shape index (κ2) is 5.62. The molecule has 0 radical (unpaired) electrons. The number of hydrogen-bond acceptors (Lipinski definition) is 4. The zero-order valence-corrected chi connectivity index (χ0v) is 10.4. The molecule has 0 atom stereocenters. The molecule has 4 heteroatoms. The zero-order chi connectivity index (χ0) is 13.0. The fourth-order valence-corrected chi connectivity index (χ4v) is 1.75. The van der Waals surface area contributed by atoms with Crippen molar-refractivity contribution >= 4 is 16.7 Å². The first kappa shape index (κ1) is 12.5. The first-order valence-corrected chi connectivity index (χ1v) is 5.68. The molecule has 0 heterocycles. The van der Waals surface area contributed by atoms with Crippen LogP contribution in [0.5, 0.6) is 0 Å². The number of hydrogen-bond donors (Lipinski definition) is 0. The molecular weight excluding hydrogens is 230 g/mol. The maximum absolute atomic E-state index is 11.6. The van der Waals surface area contributed by atoms with Crippen molar-refractivity contribution in [1.29, 1.82) is 0 Å². The van der Waals surface area contributed by atoms with Gasteiger partial charge in [-0.25, -0.2) is 4.79 Å². The number of carbonyl (C=O) groups is 1. The second-order valence-electron chi connectivity index (χ2n) is 4.16. The molecule has 0 fully saturated rings. The lowest BCUT2D eigenvalue weighted by atomic mass is 10.0. The smallest absolute Gasteiger partial charge is 0.279 e. The largest absolute Gasteiger partial charge is 0.348 e. The number of carbonyl (C=O) groups excluding carboxylic acids is 1. The van der Waals surface area contributed by atoms with Gasteiger partial charge < -0.3 is 0 Å². The Hall–Kier alpha value is -1.91. The highest BCUT2D eigenvalue weighted by atomic mass is 17.3. The van der Waals surface area contributed by atoms with Gasteiger partial charge in [0, 0.05) is 14.1 Å². The number of hydroxylamine groups is 2. The third-order valence-electron chi connectivity index (χ3n) is 2.49. The average Bonchev–Trinajstić information content (AvgIpc) is 2.37. The summed E-state index contributed by atoms with van der Waals surface area (Å²) < 4.78 is 0. The minimum absolute atomic E-state index is 0.190. The van der Waals surface area contributed by atoms with Crippen molar-refractivity contribution in [2.75, 3.05) is 14.1 Å². The Morgan fingerprint density at radius 2 is 1.83 bits per heavy atom. The van der Waals surface area contributed by atoms with E-state index in [4.69, 9.17) is 0 Å². The summed E-state index contributed by atoms with van der Waals surface area (Å²) in [5.41, 5.74) is 0.931. The van der Waals surface area contributed by atoms with E-state index in [9.17, 15) is 4.79 Å². The first-order valence-electron chi connectivity index (χ1n) is 5.68. The Morgan fingerprint density at radius 1 is 1.11 bits per heavy atom. The van der Waals surface area contributed by atoms with Gasteiger partial charge in [0.1, 0.15) is 0 Å². The summed E-state index contributed by atoms with van der Waals surface area (Å²) in [6.07, 6.45) is 0.190. The van der Waals surface area contributed by atoms with Crippen molar-refractivity contribution in [3.8, 4) is 0 Å². The highest BCUT2D eigenvalue weighted by Gasteiger charge is 2.09. The lowest BCUT2D eigenvalue weighted by Gasteiger charge is -2.09. The topological polar surface area (TPSA) is 38.8 Å². The average molecular weight is 245 g/mol. The van der Waals surface area contributed by atoms with E-state index < -0.39 is 5.97 Å². The minimum Gasteiger partial charge on any atom is -0.279 e. The highest BCUT2D eigenvalue weighted by Crippen LogP contribution is 2.19. The van der Waals surface area contributed by atoms with Gasteiger partial charge in [-0.05, 0) is 16.3 Å². The number of rotatable bonds is 4. The van der Waals surface area contributed by atoms with E-state index in [1.807, 2.05) is 42.5 Å². The van der Waals surface area contributed by atoms with E-state index >= 15 is 0 Å². The highest BCUT2D eigenvalue weighted by molar-refractivity contribution is 5.88. The number of benzene rings is 2.